The van der Waals surface area contributed by atoms with Crippen LogP contribution in [0.4, 0.5) is 4.39 Å². The van der Waals surface area contributed by atoms with Gasteiger partial charge in [0.2, 0.25) is 5.91 Å². The third-order valence-corrected chi connectivity index (χ3v) is 7.77. The summed E-state index contributed by atoms with van der Waals surface area (Å²) in [5.41, 5.74) is 8.65. The summed E-state index contributed by atoms with van der Waals surface area (Å²) >= 11 is 13.6. The lowest BCUT2D eigenvalue weighted by Gasteiger charge is -2.15. The zero-order chi connectivity index (χ0) is 27.5. The standard InChI is InChI=1S/C28H20Cl2FN5O2S/c29-19-8-7-18(13-20(19)30)36-24(14-22(35-36)17-5-3-11-33-15-17)25-9-10-26(39-25)28(38)34-23(27(32)37)12-16-4-1-2-6-21(16)31/h1-11,13-15,23H,12H2,(H2,32,37)(H,34,38)/t23-/m0/s1. The van der Waals surface area contributed by atoms with E-state index in [4.69, 9.17) is 34.0 Å². The number of hydrogen-bond acceptors (Lipinski definition) is 5. The Bertz CT molecular complexity index is 1670. The van der Waals surface area contributed by atoms with E-state index in [0.717, 1.165) is 10.4 Å². The maximum absolute atomic E-state index is 14.1. The molecule has 5 rings (SSSR count). The predicted octanol–water partition coefficient (Wildman–Crippen LogP) is 5.94. The predicted molar refractivity (Wildman–Crippen MR) is 151 cm³/mol. The number of nitrogens with one attached hydrogen (secondary N) is 1. The Morgan fingerprint density at radius 3 is 2.56 bits per heavy atom. The smallest absolute Gasteiger partial charge is 0.262 e. The Hall–Kier alpha value is -4.05. The number of benzene rings is 2. The largest absolute Gasteiger partial charge is 0.368 e. The summed E-state index contributed by atoms with van der Waals surface area (Å²) in [4.78, 5) is 30.4. The molecular weight excluding hydrogens is 560 g/mol. The van der Waals surface area contributed by atoms with E-state index in [0.29, 0.717) is 32.0 Å². The molecule has 0 fully saturated rings. The average Bonchev–Trinajstić information content (AvgIpc) is 3.59. The van der Waals surface area contributed by atoms with Crippen molar-refractivity contribution in [1.29, 1.82) is 0 Å². The number of carbonyl (C=O) groups is 2. The van der Waals surface area contributed by atoms with Gasteiger partial charge >= 0.3 is 0 Å². The second-order valence-electron chi connectivity index (χ2n) is 8.55. The van der Waals surface area contributed by atoms with Gasteiger partial charge in [-0.05, 0) is 60.2 Å². The Kier molecular flexibility index (Phi) is 7.74. The van der Waals surface area contributed by atoms with E-state index in [1.165, 1.54) is 17.4 Å². The van der Waals surface area contributed by atoms with E-state index in [1.54, 1.807) is 65.6 Å². The Morgan fingerprint density at radius 1 is 1.03 bits per heavy atom. The van der Waals surface area contributed by atoms with Crippen LogP contribution in [0.3, 0.4) is 0 Å². The van der Waals surface area contributed by atoms with Crippen LogP contribution in [0.15, 0.2) is 85.2 Å². The van der Waals surface area contributed by atoms with E-state index in [-0.39, 0.29) is 12.0 Å². The van der Waals surface area contributed by atoms with Gasteiger partial charge in [0.25, 0.3) is 5.91 Å². The van der Waals surface area contributed by atoms with Crippen molar-refractivity contribution in [3.05, 3.63) is 111 Å². The minimum atomic E-state index is -1.08. The molecule has 2 aromatic carbocycles. The number of nitrogens with two attached hydrogens (primary N) is 1. The molecule has 0 aliphatic rings. The summed E-state index contributed by atoms with van der Waals surface area (Å²) in [5.74, 6) is -1.74. The van der Waals surface area contributed by atoms with Gasteiger partial charge in [-0.25, -0.2) is 9.07 Å². The SMILES string of the molecule is NC(=O)[C@H](Cc1ccccc1F)NC(=O)c1ccc(-c2cc(-c3cccnc3)nn2-c2ccc(Cl)c(Cl)c2)s1. The van der Waals surface area contributed by atoms with E-state index in [9.17, 15) is 14.0 Å². The number of hydrogen-bond donors (Lipinski definition) is 2. The van der Waals surface area contributed by atoms with Crippen molar-refractivity contribution in [3.8, 4) is 27.5 Å². The van der Waals surface area contributed by atoms with Crippen molar-refractivity contribution < 1.29 is 14.0 Å². The number of aromatic nitrogens is 3. The van der Waals surface area contributed by atoms with Crippen molar-refractivity contribution in [1.82, 2.24) is 20.1 Å². The van der Waals surface area contributed by atoms with Crippen molar-refractivity contribution in [2.45, 2.75) is 12.5 Å². The highest BCUT2D eigenvalue weighted by molar-refractivity contribution is 7.17. The summed E-state index contributed by atoms with van der Waals surface area (Å²) in [6.45, 7) is 0. The van der Waals surface area contributed by atoms with Crippen LogP contribution in [0, 0.1) is 5.82 Å². The molecule has 0 radical (unpaired) electrons. The molecule has 0 saturated heterocycles. The molecule has 1 atom stereocenters. The Labute approximate surface area is 237 Å². The molecule has 39 heavy (non-hydrogen) atoms. The molecular formula is C28H20Cl2FN5O2S. The van der Waals surface area contributed by atoms with E-state index < -0.39 is 23.7 Å². The molecule has 0 saturated carbocycles. The van der Waals surface area contributed by atoms with Crippen LogP contribution in [-0.4, -0.2) is 32.6 Å². The first-order valence-corrected chi connectivity index (χ1v) is 13.3. The Morgan fingerprint density at radius 2 is 1.85 bits per heavy atom. The topological polar surface area (TPSA) is 103 Å². The van der Waals surface area contributed by atoms with Gasteiger partial charge in [0.15, 0.2) is 0 Å². The highest BCUT2D eigenvalue weighted by Crippen LogP contribution is 2.34. The fourth-order valence-corrected chi connectivity index (χ4v) is 5.16. The lowest BCUT2D eigenvalue weighted by molar-refractivity contribution is -0.119. The van der Waals surface area contributed by atoms with E-state index >= 15 is 0 Å². The lowest BCUT2D eigenvalue weighted by atomic mass is 10.0. The van der Waals surface area contributed by atoms with Gasteiger partial charge in [0, 0.05) is 24.4 Å². The van der Waals surface area contributed by atoms with Gasteiger partial charge in [0.05, 0.1) is 36.9 Å². The number of thiophene rings is 1. The lowest BCUT2D eigenvalue weighted by Crippen LogP contribution is -2.45. The number of pyridine rings is 1. The third-order valence-electron chi connectivity index (χ3n) is 5.93. The quantitative estimate of drug-likeness (QED) is 0.237. The molecule has 3 heterocycles. The fraction of sp³-hybridized carbons (Fsp3) is 0.0714. The number of nitrogens with zero attached hydrogens (tertiary/aromatic N) is 3. The van der Waals surface area contributed by atoms with Crippen LogP contribution in [0.5, 0.6) is 0 Å². The minimum Gasteiger partial charge on any atom is -0.368 e. The van der Waals surface area contributed by atoms with Crippen LogP contribution in [0.1, 0.15) is 15.2 Å². The summed E-state index contributed by atoms with van der Waals surface area (Å²) in [6.07, 6.45) is 3.32. The second-order valence-corrected chi connectivity index (χ2v) is 10.5. The first kappa shape index (κ1) is 26.6. The summed E-state index contributed by atoms with van der Waals surface area (Å²) < 4.78 is 15.8. The minimum absolute atomic E-state index is 0.0649. The van der Waals surface area contributed by atoms with Crippen LogP contribution in [-0.2, 0) is 11.2 Å². The first-order chi connectivity index (χ1) is 18.8. The molecule has 0 aliphatic heterocycles. The molecule has 7 nitrogen and oxygen atoms in total. The Balaban J connectivity index is 1.46. The van der Waals surface area contributed by atoms with Crippen LogP contribution in [0.25, 0.3) is 27.5 Å². The van der Waals surface area contributed by atoms with Gasteiger partial charge in [-0.15, -0.1) is 11.3 Å². The van der Waals surface area contributed by atoms with Crippen molar-refractivity contribution in [2.75, 3.05) is 0 Å². The molecule has 5 aromatic rings. The molecule has 3 N–H and O–H groups in total. The van der Waals surface area contributed by atoms with Crippen molar-refractivity contribution in [3.63, 3.8) is 0 Å². The normalized spacial score (nSPS) is 11.8. The molecule has 0 unspecified atom stereocenters. The van der Waals surface area contributed by atoms with E-state index in [2.05, 4.69) is 10.3 Å². The molecule has 2 amide bonds. The zero-order valence-electron chi connectivity index (χ0n) is 20.1. The van der Waals surface area contributed by atoms with Crippen molar-refractivity contribution >= 4 is 46.4 Å². The van der Waals surface area contributed by atoms with Crippen LogP contribution >= 0.6 is 34.5 Å². The van der Waals surface area contributed by atoms with Gasteiger partial charge in [-0.1, -0.05) is 41.4 Å². The average molecular weight is 580 g/mol. The van der Waals surface area contributed by atoms with Crippen molar-refractivity contribution in [2.24, 2.45) is 5.73 Å². The molecule has 0 spiro atoms. The number of carbonyl (C=O) groups excluding carboxylic acids is 2. The molecule has 196 valence electrons. The first-order valence-electron chi connectivity index (χ1n) is 11.7. The molecule has 0 bridgehead atoms. The zero-order valence-corrected chi connectivity index (χ0v) is 22.5. The third kappa shape index (κ3) is 5.85. The molecule has 3 aromatic heterocycles. The van der Waals surface area contributed by atoms with Gasteiger partial charge in [-0.2, -0.15) is 5.10 Å². The van der Waals surface area contributed by atoms with Crippen LogP contribution in [0.2, 0.25) is 10.0 Å². The highest BCUT2D eigenvalue weighted by atomic mass is 35.5. The number of rotatable bonds is 8. The van der Waals surface area contributed by atoms with Gasteiger partial charge in [-0.3, -0.25) is 14.6 Å². The maximum Gasteiger partial charge on any atom is 0.262 e. The summed E-state index contributed by atoms with van der Waals surface area (Å²) in [5, 5.41) is 8.18. The molecule has 0 aliphatic carbocycles. The van der Waals surface area contributed by atoms with Gasteiger partial charge in [0.1, 0.15) is 11.9 Å². The highest BCUT2D eigenvalue weighted by Gasteiger charge is 2.23. The monoisotopic (exact) mass is 579 g/mol. The molecule has 11 heteroatoms. The fourth-order valence-electron chi connectivity index (χ4n) is 3.96. The number of amides is 2. The summed E-state index contributed by atoms with van der Waals surface area (Å²) in [6, 6.07) is 19.2. The van der Waals surface area contributed by atoms with Crippen LogP contribution < -0.4 is 11.1 Å². The number of primary amides is 1. The van der Waals surface area contributed by atoms with E-state index in [1.807, 2.05) is 18.2 Å². The van der Waals surface area contributed by atoms with Gasteiger partial charge < -0.3 is 11.1 Å². The number of halogens is 3. The second kappa shape index (κ2) is 11.4. The summed E-state index contributed by atoms with van der Waals surface area (Å²) in [7, 11) is 0. The maximum atomic E-state index is 14.1.